The SMILES string of the molecule is N#Cc1ccc(-c2ccc(OCC(=O)Nc3cc(Cl)c(Cl)cc3Cl)cc2)cc1. The van der Waals surface area contributed by atoms with E-state index in [4.69, 9.17) is 44.8 Å². The lowest BCUT2D eigenvalue weighted by Crippen LogP contribution is -2.20. The first kappa shape index (κ1) is 20.0. The Bertz CT molecular complexity index is 1040. The lowest BCUT2D eigenvalue weighted by molar-refractivity contribution is -0.118. The highest BCUT2D eigenvalue weighted by atomic mass is 35.5. The minimum Gasteiger partial charge on any atom is -0.484 e. The maximum Gasteiger partial charge on any atom is 0.262 e. The molecule has 28 heavy (non-hydrogen) atoms. The molecule has 0 aliphatic rings. The summed E-state index contributed by atoms with van der Waals surface area (Å²) in [4.78, 5) is 12.1. The monoisotopic (exact) mass is 430 g/mol. The predicted molar refractivity (Wildman–Crippen MR) is 112 cm³/mol. The maximum atomic E-state index is 12.1. The first-order valence-electron chi connectivity index (χ1n) is 8.14. The van der Waals surface area contributed by atoms with Crippen molar-refractivity contribution in [1.82, 2.24) is 0 Å². The van der Waals surface area contributed by atoms with Gasteiger partial charge in [0.15, 0.2) is 6.61 Å². The van der Waals surface area contributed by atoms with E-state index in [1.807, 2.05) is 24.3 Å². The summed E-state index contributed by atoms with van der Waals surface area (Å²) in [6.45, 7) is -0.188. The fraction of sp³-hybridized carbons (Fsp3) is 0.0476. The lowest BCUT2D eigenvalue weighted by atomic mass is 10.0. The van der Waals surface area contributed by atoms with E-state index in [2.05, 4.69) is 11.4 Å². The minimum atomic E-state index is -0.378. The Labute approximate surface area is 177 Å². The molecule has 0 heterocycles. The number of anilines is 1. The van der Waals surface area contributed by atoms with Crippen LogP contribution in [-0.2, 0) is 4.79 Å². The molecular weight excluding hydrogens is 419 g/mol. The molecule has 0 atom stereocenters. The van der Waals surface area contributed by atoms with Crippen LogP contribution in [0.5, 0.6) is 5.75 Å². The second-order valence-corrected chi connectivity index (χ2v) is 7.02. The van der Waals surface area contributed by atoms with Gasteiger partial charge in [0, 0.05) is 0 Å². The molecule has 1 amide bonds. The fourth-order valence-electron chi connectivity index (χ4n) is 2.43. The van der Waals surface area contributed by atoms with Crippen molar-refractivity contribution in [3.8, 4) is 22.9 Å². The first-order chi connectivity index (χ1) is 13.5. The molecule has 0 aromatic heterocycles. The van der Waals surface area contributed by atoms with Gasteiger partial charge < -0.3 is 10.1 Å². The smallest absolute Gasteiger partial charge is 0.262 e. The molecule has 0 bridgehead atoms. The van der Waals surface area contributed by atoms with E-state index in [1.165, 1.54) is 12.1 Å². The van der Waals surface area contributed by atoms with Gasteiger partial charge in [-0.25, -0.2) is 0 Å². The molecule has 7 heteroatoms. The quantitative estimate of drug-likeness (QED) is 0.489. The molecule has 0 fully saturated rings. The summed E-state index contributed by atoms with van der Waals surface area (Å²) in [5.74, 6) is 0.171. The van der Waals surface area contributed by atoms with Crippen molar-refractivity contribution in [2.75, 3.05) is 11.9 Å². The Morgan fingerprint density at radius 1 is 0.893 bits per heavy atom. The Hall–Kier alpha value is -2.71. The second kappa shape index (κ2) is 8.99. The highest BCUT2D eigenvalue weighted by molar-refractivity contribution is 6.44. The summed E-state index contributed by atoms with van der Waals surface area (Å²) >= 11 is 17.8. The van der Waals surface area contributed by atoms with Crippen LogP contribution in [0.4, 0.5) is 5.69 Å². The molecule has 0 aliphatic carbocycles. The van der Waals surface area contributed by atoms with Crippen LogP contribution in [0.1, 0.15) is 5.56 Å². The average molecular weight is 432 g/mol. The fourth-order valence-corrected chi connectivity index (χ4v) is 3.03. The van der Waals surface area contributed by atoms with Crippen LogP contribution >= 0.6 is 34.8 Å². The molecule has 0 aliphatic heterocycles. The second-order valence-electron chi connectivity index (χ2n) is 5.80. The van der Waals surface area contributed by atoms with Gasteiger partial charge in [-0.15, -0.1) is 0 Å². The Morgan fingerprint density at radius 3 is 2.07 bits per heavy atom. The third-order valence-electron chi connectivity index (χ3n) is 3.86. The van der Waals surface area contributed by atoms with Gasteiger partial charge in [0.05, 0.1) is 32.4 Å². The van der Waals surface area contributed by atoms with E-state index < -0.39 is 0 Å². The van der Waals surface area contributed by atoms with Crippen molar-refractivity contribution in [2.45, 2.75) is 0 Å². The molecular formula is C21H13Cl3N2O2. The molecule has 3 aromatic rings. The van der Waals surface area contributed by atoms with Gasteiger partial charge in [0.2, 0.25) is 0 Å². The van der Waals surface area contributed by atoms with Crippen LogP contribution in [0.25, 0.3) is 11.1 Å². The van der Waals surface area contributed by atoms with Crippen molar-refractivity contribution in [3.05, 3.63) is 81.3 Å². The standard InChI is InChI=1S/C21H13Cl3N2O2/c22-17-9-19(24)20(10-18(17)23)26-21(27)12-28-16-7-5-15(6-8-16)14-3-1-13(11-25)2-4-14/h1-10H,12H2,(H,26,27). The third-order valence-corrected chi connectivity index (χ3v) is 4.89. The van der Waals surface area contributed by atoms with Crippen LogP contribution in [-0.4, -0.2) is 12.5 Å². The van der Waals surface area contributed by atoms with Crippen molar-refractivity contribution < 1.29 is 9.53 Å². The molecule has 0 unspecified atom stereocenters. The zero-order valence-corrected chi connectivity index (χ0v) is 16.6. The Kier molecular flexibility index (Phi) is 6.43. The van der Waals surface area contributed by atoms with E-state index in [1.54, 1.807) is 24.3 Å². The number of hydrogen-bond donors (Lipinski definition) is 1. The number of hydrogen-bond acceptors (Lipinski definition) is 3. The van der Waals surface area contributed by atoms with Crippen LogP contribution in [0.2, 0.25) is 15.1 Å². The molecule has 1 N–H and O–H groups in total. The number of rotatable bonds is 5. The number of nitrogens with zero attached hydrogens (tertiary/aromatic N) is 1. The van der Waals surface area contributed by atoms with Gasteiger partial charge in [-0.3, -0.25) is 4.79 Å². The summed E-state index contributed by atoms with van der Waals surface area (Å²) in [5, 5.41) is 12.4. The van der Waals surface area contributed by atoms with Gasteiger partial charge in [-0.1, -0.05) is 59.1 Å². The number of nitrogens with one attached hydrogen (secondary N) is 1. The first-order valence-corrected chi connectivity index (χ1v) is 9.27. The third kappa shape index (κ3) is 4.96. The number of ether oxygens (including phenoxy) is 1. The molecule has 0 saturated heterocycles. The summed E-state index contributed by atoms with van der Waals surface area (Å²) in [7, 11) is 0. The lowest BCUT2D eigenvalue weighted by Gasteiger charge is -2.10. The van der Waals surface area contributed by atoms with Crippen molar-refractivity contribution >= 4 is 46.4 Å². The van der Waals surface area contributed by atoms with E-state index in [0.29, 0.717) is 27.0 Å². The predicted octanol–water partition coefficient (Wildman–Crippen LogP) is 6.20. The van der Waals surface area contributed by atoms with Crippen molar-refractivity contribution in [2.24, 2.45) is 0 Å². The summed E-state index contributed by atoms with van der Waals surface area (Å²) in [6.07, 6.45) is 0. The molecule has 0 spiro atoms. The number of nitriles is 1. The number of halogens is 3. The van der Waals surface area contributed by atoms with Crippen LogP contribution in [0, 0.1) is 11.3 Å². The van der Waals surface area contributed by atoms with Crippen LogP contribution in [0.3, 0.4) is 0 Å². The normalized spacial score (nSPS) is 10.2. The zero-order chi connectivity index (χ0) is 20.1. The largest absolute Gasteiger partial charge is 0.484 e. The van der Waals surface area contributed by atoms with E-state index in [-0.39, 0.29) is 17.5 Å². The highest BCUT2D eigenvalue weighted by Gasteiger charge is 2.10. The van der Waals surface area contributed by atoms with Crippen LogP contribution in [0.15, 0.2) is 60.7 Å². The Morgan fingerprint density at radius 2 is 1.46 bits per heavy atom. The molecule has 3 rings (SSSR count). The highest BCUT2D eigenvalue weighted by Crippen LogP contribution is 2.32. The summed E-state index contributed by atoms with van der Waals surface area (Å²) in [6, 6.07) is 19.6. The topological polar surface area (TPSA) is 62.1 Å². The van der Waals surface area contributed by atoms with Gasteiger partial charge >= 0.3 is 0 Å². The maximum absolute atomic E-state index is 12.1. The summed E-state index contributed by atoms with van der Waals surface area (Å²) in [5.41, 5.74) is 2.93. The van der Waals surface area contributed by atoms with Gasteiger partial charge in [-0.2, -0.15) is 5.26 Å². The van der Waals surface area contributed by atoms with Gasteiger partial charge in [0.1, 0.15) is 5.75 Å². The zero-order valence-electron chi connectivity index (χ0n) is 14.4. The minimum absolute atomic E-state index is 0.188. The number of carbonyl (C=O) groups is 1. The molecule has 0 radical (unpaired) electrons. The molecule has 140 valence electrons. The van der Waals surface area contributed by atoms with Gasteiger partial charge in [0.25, 0.3) is 5.91 Å². The van der Waals surface area contributed by atoms with Crippen LogP contribution < -0.4 is 10.1 Å². The number of carbonyl (C=O) groups excluding carboxylic acids is 1. The Balaban J connectivity index is 1.59. The van der Waals surface area contributed by atoms with E-state index in [0.717, 1.165) is 11.1 Å². The molecule has 0 saturated carbocycles. The summed E-state index contributed by atoms with van der Waals surface area (Å²) < 4.78 is 5.50. The van der Waals surface area contributed by atoms with Crippen molar-refractivity contribution in [3.63, 3.8) is 0 Å². The van der Waals surface area contributed by atoms with E-state index in [9.17, 15) is 4.79 Å². The molecule has 3 aromatic carbocycles. The average Bonchev–Trinajstić information content (AvgIpc) is 2.71. The van der Waals surface area contributed by atoms with Gasteiger partial charge in [-0.05, 0) is 47.5 Å². The molecule has 4 nitrogen and oxygen atoms in total. The number of amides is 1. The van der Waals surface area contributed by atoms with E-state index >= 15 is 0 Å². The van der Waals surface area contributed by atoms with Crippen molar-refractivity contribution in [1.29, 1.82) is 5.26 Å². The number of benzene rings is 3.